The van der Waals surface area contributed by atoms with Gasteiger partial charge < -0.3 is 13.9 Å². The van der Waals surface area contributed by atoms with Crippen molar-refractivity contribution in [2.75, 3.05) is 0 Å². The third-order valence-electron chi connectivity index (χ3n) is 5.70. The fourth-order valence-electron chi connectivity index (χ4n) is 4.12. The van der Waals surface area contributed by atoms with Crippen molar-refractivity contribution in [3.8, 4) is 28.7 Å². The van der Waals surface area contributed by atoms with Crippen LogP contribution >= 0.6 is 0 Å². The zero-order chi connectivity index (χ0) is 22.8. The SMILES string of the molecule is Cc1cccc(C)c1-n1cc(-c2ccccc2)nc1Cc1cn(C)c(Oc2ccccc2)n1. The van der Waals surface area contributed by atoms with Gasteiger partial charge in [0.15, 0.2) is 0 Å². The summed E-state index contributed by atoms with van der Waals surface area (Å²) >= 11 is 0. The fraction of sp³-hybridized carbons (Fsp3) is 0.143. The number of ether oxygens (including phenoxy) is 1. The van der Waals surface area contributed by atoms with Gasteiger partial charge in [0.1, 0.15) is 11.6 Å². The summed E-state index contributed by atoms with van der Waals surface area (Å²) < 4.78 is 10.1. The average molecular weight is 435 g/mol. The van der Waals surface area contributed by atoms with Crippen LogP contribution in [0.4, 0.5) is 0 Å². The molecule has 0 atom stereocenters. The maximum absolute atomic E-state index is 5.98. The van der Waals surface area contributed by atoms with Crippen molar-refractivity contribution in [2.24, 2.45) is 7.05 Å². The molecule has 0 N–H and O–H groups in total. The van der Waals surface area contributed by atoms with E-state index in [0.29, 0.717) is 12.4 Å². The molecule has 0 radical (unpaired) electrons. The summed E-state index contributed by atoms with van der Waals surface area (Å²) in [6.45, 7) is 4.28. The molecule has 5 nitrogen and oxygen atoms in total. The monoisotopic (exact) mass is 434 g/mol. The first-order chi connectivity index (χ1) is 16.1. The van der Waals surface area contributed by atoms with Crippen molar-refractivity contribution in [3.05, 3.63) is 114 Å². The molecule has 5 aromatic rings. The van der Waals surface area contributed by atoms with Gasteiger partial charge >= 0.3 is 6.01 Å². The Balaban J connectivity index is 1.54. The lowest BCUT2D eigenvalue weighted by atomic mass is 10.1. The molecule has 0 fully saturated rings. The molecule has 0 amide bonds. The van der Waals surface area contributed by atoms with Crippen LogP contribution in [0.15, 0.2) is 91.3 Å². The summed E-state index contributed by atoms with van der Waals surface area (Å²) in [5.74, 6) is 1.71. The molecule has 0 aliphatic rings. The summed E-state index contributed by atoms with van der Waals surface area (Å²) in [6, 6.07) is 26.9. The molecule has 5 rings (SSSR count). The molecule has 0 spiro atoms. The second-order valence-corrected chi connectivity index (χ2v) is 8.24. The maximum atomic E-state index is 5.98. The molecule has 0 aliphatic carbocycles. The zero-order valence-electron chi connectivity index (χ0n) is 19.1. The molecule has 5 heteroatoms. The van der Waals surface area contributed by atoms with E-state index in [9.17, 15) is 0 Å². The smallest absolute Gasteiger partial charge is 0.301 e. The number of para-hydroxylation sites is 2. The van der Waals surface area contributed by atoms with Gasteiger partial charge in [0.25, 0.3) is 0 Å². The van der Waals surface area contributed by atoms with Crippen molar-refractivity contribution in [3.63, 3.8) is 0 Å². The molecule has 0 saturated heterocycles. The average Bonchev–Trinajstić information content (AvgIpc) is 3.38. The van der Waals surface area contributed by atoms with Gasteiger partial charge in [-0.15, -0.1) is 0 Å². The number of hydrogen-bond acceptors (Lipinski definition) is 3. The Hall–Kier alpha value is -4.12. The zero-order valence-corrected chi connectivity index (χ0v) is 19.1. The summed E-state index contributed by atoms with van der Waals surface area (Å²) in [4.78, 5) is 9.78. The van der Waals surface area contributed by atoms with Gasteiger partial charge in [-0.2, -0.15) is 4.98 Å². The predicted octanol–water partition coefficient (Wildman–Crippen LogP) is 6.27. The van der Waals surface area contributed by atoms with Crippen LogP contribution in [-0.2, 0) is 13.5 Å². The molecule has 0 saturated carbocycles. The van der Waals surface area contributed by atoms with Crippen LogP contribution in [0.3, 0.4) is 0 Å². The third kappa shape index (κ3) is 4.30. The van der Waals surface area contributed by atoms with Crippen LogP contribution in [0.5, 0.6) is 11.8 Å². The van der Waals surface area contributed by atoms with E-state index in [-0.39, 0.29) is 0 Å². The van der Waals surface area contributed by atoms with E-state index in [1.54, 1.807) is 0 Å². The highest BCUT2D eigenvalue weighted by Crippen LogP contribution is 2.27. The van der Waals surface area contributed by atoms with E-state index in [1.165, 1.54) is 16.8 Å². The van der Waals surface area contributed by atoms with E-state index in [2.05, 4.69) is 54.9 Å². The second-order valence-electron chi connectivity index (χ2n) is 8.24. The number of aromatic nitrogens is 4. The number of hydrogen-bond donors (Lipinski definition) is 0. The van der Waals surface area contributed by atoms with Crippen LogP contribution in [0.2, 0.25) is 0 Å². The minimum absolute atomic E-state index is 0.560. The number of benzene rings is 3. The van der Waals surface area contributed by atoms with Crippen LogP contribution in [0.25, 0.3) is 16.9 Å². The normalized spacial score (nSPS) is 11.0. The molecule has 2 heterocycles. The highest BCUT2D eigenvalue weighted by Gasteiger charge is 2.17. The summed E-state index contributed by atoms with van der Waals surface area (Å²) in [5.41, 5.74) is 6.53. The van der Waals surface area contributed by atoms with Crippen LogP contribution in [-0.4, -0.2) is 19.1 Å². The van der Waals surface area contributed by atoms with Crippen LogP contribution in [0, 0.1) is 13.8 Å². The fourth-order valence-corrected chi connectivity index (χ4v) is 4.12. The summed E-state index contributed by atoms with van der Waals surface area (Å²) in [6.07, 6.45) is 4.72. The van der Waals surface area contributed by atoms with Gasteiger partial charge in [0.05, 0.1) is 23.5 Å². The number of rotatable bonds is 6. The number of aryl methyl sites for hydroxylation is 3. The highest BCUT2D eigenvalue weighted by atomic mass is 16.5. The first kappa shape index (κ1) is 20.8. The third-order valence-corrected chi connectivity index (χ3v) is 5.70. The number of imidazole rings is 2. The Bertz CT molecular complexity index is 1360. The Labute approximate surface area is 194 Å². The maximum Gasteiger partial charge on any atom is 0.301 e. The lowest BCUT2D eigenvalue weighted by Gasteiger charge is -2.13. The molecule has 164 valence electrons. The molecule has 3 aromatic carbocycles. The second kappa shape index (κ2) is 8.79. The van der Waals surface area contributed by atoms with Crippen molar-refractivity contribution in [1.82, 2.24) is 19.1 Å². The minimum Gasteiger partial charge on any atom is -0.426 e. The Morgan fingerprint density at radius 2 is 1.42 bits per heavy atom. The van der Waals surface area contributed by atoms with Crippen molar-refractivity contribution >= 4 is 0 Å². The molecular formula is C28H26N4O. The van der Waals surface area contributed by atoms with Crippen LogP contribution < -0.4 is 4.74 Å². The lowest BCUT2D eigenvalue weighted by molar-refractivity contribution is 0.424. The van der Waals surface area contributed by atoms with Gasteiger partial charge in [-0.05, 0) is 37.1 Å². The highest BCUT2D eigenvalue weighted by molar-refractivity contribution is 5.60. The topological polar surface area (TPSA) is 44.9 Å². The van der Waals surface area contributed by atoms with E-state index in [0.717, 1.165) is 28.5 Å². The Morgan fingerprint density at radius 3 is 2.12 bits per heavy atom. The standard InChI is InChI=1S/C28H26N4O/c1-20-11-10-12-21(2)27(20)32-19-25(22-13-6-4-7-14-22)30-26(32)17-23-18-31(3)28(29-23)33-24-15-8-5-9-16-24/h4-16,18-19H,17H2,1-3H3. The first-order valence-electron chi connectivity index (χ1n) is 11.0. The summed E-state index contributed by atoms with van der Waals surface area (Å²) in [7, 11) is 1.95. The van der Waals surface area contributed by atoms with Gasteiger partial charge in [-0.1, -0.05) is 66.7 Å². The van der Waals surface area contributed by atoms with E-state index in [4.69, 9.17) is 14.7 Å². The molecular weight excluding hydrogens is 408 g/mol. The Kier molecular flexibility index (Phi) is 5.53. The quantitative estimate of drug-likeness (QED) is 0.316. The molecule has 33 heavy (non-hydrogen) atoms. The molecule has 0 unspecified atom stereocenters. The van der Waals surface area contributed by atoms with Crippen molar-refractivity contribution < 1.29 is 4.74 Å². The number of nitrogens with zero attached hydrogens (tertiary/aromatic N) is 4. The predicted molar refractivity (Wildman–Crippen MR) is 131 cm³/mol. The van der Waals surface area contributed by atoms with Crippen molar-refractivity contribution in [1.29, 1.82) is 0 Å². The van der Waals surface area contributed by atoms with Crippen LogP contribution in [0.1, 0.15) is 22.6 Å². The van der Waals surface area contributed by atoms with Gasteiger partial charge in [0.2, 0.25) is 0 Å². The largest absolute Gasteiger partial charge is 0.426 e. The molecule has 2 aromatic heterocycles. The van der Waals surface area contributed by atoms with E-state index < -0.39 is 0 Å². The summed E-state index contributed by atoms with van der Waals surface area (Å²) in [5, 5.41) is 0. The molecule has 0 bridgehead atoms. The van der Waals surface area contributed by atoms with Crippen molar-refractivity contribution in [2.45, 2.75) is 20.3 Å². The Morgan fingerprint density at radius 1 is 0.758 bits per heavy atom. The molecule has 0 aliphatic heterocycles. The van der Waals surface area contributed by atoms with E-state index >= 15 is 0 Å². The van der Waals surface area contributed by atoms with Gasteiger partial charge in [-0.25, -0.2) is 4.98 Å². The van der Waals surface area contributed by atoms with Gasteiger partial charge in [0, 0.05) is 25.0 Å². The van der Waals surface area contributed by atoms with E-state index in [1.807, 2.05) is 66.3 Å². The minimum atomic E-state index is 0.560. The van der Waals surface area contributed by atoms with Gasteiger partial charge in [-0.3, -0.25) is 0 Å². The first-order valence-corrected chi connectivity index (χ1v) is 11.0. The lowest BCUT2D eigenvalue weighted by Crippen LogP contribution is -2.05.